The van der Waals surface area contributed by atoms with Gasteiger partial charge < -0.3 is 15.1 Å². The summed E-state index contributed by atoms with van der Waals surface area (Å²) in [5.41, 5.74) is 0. The lowest BCUT2D eigenvalue weighted by molar-refractivity contribution is -0.123. The Hall–Kier alpha value is -0.940. The van der Waals surface area contributed by atoms with E-state index < -0.39 is 0 Å². The van der Waals surface area contributed by atoms with Gasteiger partial charge in [0.25, 0.3) is 0 Å². The molecular formula is C13H20N2O2S. The number of hydrogen-bond acceptors (Lipinski definition) is 4. The molecule has 0 spiro atoms. The van der Waals surface area contributed by atoms with E-state index in [1.807, 2.05) is 30.8 Å². The maximum Gasteiger partial charge on any atom is 0.237 e. The van der Waals surface area contributed by atoms with Crippen LogP contribution in [0.5, 0.6) is 0 Å². The minimum absolute atomic E-state index is 0.0321. The molecule has 1 aliphatic rings. The summed E-state index contributed by atoms with van der Waals surface area (Å²) in [4.78, 5) is 11.9. The molecule has 1 aromatic heterocycles. The smallest absolute Gasteiger partial charge is 0.237 e. The number of carbonyl (C=O) groups excluding carboxylic acids is 1. The van der Waals surface area contributed by atoms with Gasteiger partial charge in [-0.2, -0.15) is 11.8 Å². The van der Waals surface area contributed by atoms with Gasteiger partial charge in [0.1, 0.15) is 5.76 Å². The zero-order chi connectivity index (χ0) is 12.8. The third-order valence-corrected chi connectivity index (χ3v) is 4.17. The zero-order valence-electron chi connectivity index (χ0n) is 10.6. The van der Waals surface area contributed by atoms with Crippen molar-refractivity contribution in [3.8, 4) is 0 Å². The largest absolute Gasteiger partial charge is 0.467 e. The summed E-state index contributed by atoms with van der Waals surface area (Å²) in [6.45, 7) is 2.37. The molecular weight excluding hydrogens is 248 g/mol. The average Bonchev–Trinajstić information content (AvgIpc) is 2.90. The Bertz CT molecular complexity index is 361. The average molecular weight is 268 g/mol. The molecule has 0 radical (unpaired) electrons. The lowest BCUT2D eigenvalue weighted by Crippen LogP contribution is -2.47. The Labute approximate surface area is 112 Å². The van der Waals surface area contributed by atoms with Gasteiger partial charge in [-0.25, -0.2) is 0 Å². The minimum Gasteiger partial charge on any atom is -0.467 e. The van der Waals surface area contributed by atoms with E-state index in [1.165, 1.54) is 11.5 Å². The van der Waals surface area contributed by atoms with Gasteiger partial charge in [-0.15, -0.1) is 0 Å². The van der Waals surface area contributed by atoms with Crippen molar-refractivity contribution in [3.05, 3.63) is 24.2 Å². The third-order valence-electron chi connectivity index (χ3n) is 3.12. The van der Waals surface area contributed by atoms with Crippen molar-refractivity contribution in [1.29, 1.82) is 0 Å². The molecule has 2 heterocycles. The first kappa shape index (κ1) is 13.5. The number of rotatable bonds is 5. The van der Waals surface area contributed by atoms with E-state index in [0.717, 1.165) is 18.6 Å². The number of nitrogens with one attached hydrogen (secondary N) is 2. The van der Waals surface area contributed by atoms with Crippen molar-refractivity contribution in [2.24, 2.45) is 0 Å². The fourth-order valence-electron chi connectivity index (χ4n) is 2.03. The second-order valence-electron chi connectivity index (χ2n) is 4.57. The standard InChI is InChI=1S/C13H20N2O2S/c1-10(15-11-4-7-18-8-5-11)13(16)14-9-12-3-2-6-17-12/h2-3,6,10-11,15H,4-5,7-9H2,1H3,(H,14,16). The quantitative estimate of drug-likeness (QED) is 0.854. The Balaban J connectivity index is 1.70. The topological polar surface area (TPSA) is 54.3 Å². The highest BCUT2D eigenvalue weighted by atomic mass is 32.2. The number of furan rings is 1. The molecule has 0 aliphatic carbocycles. The van der Waals surface area contributed by atoms with E-state index in [4.69, 9.17) is 4.42 Å². The monoisotopic (exact) mass is 268 g/mol. The molecule has 5 heteroatoms. The van der Waals surface area contributed by atoms with E-state index in [0.29, 0.717) is 12.6 Å². The van der Waals surface area contributed by atoms with Crippen LogP contribution in [0.4, 0.5) is 0 Å². The lowest BCUT2D eigenvalue weighted by atomic mass is 10.1. The molecule has 1 aromatic rings. The van der Waals surface area contributed by atoms with Crippen LogP contribution in [-0.2, 0) is 11.3 Å². The molecule has 1 unspecified atom stereocenters. The Kier molecular flexibility index (Phi) is 5.13. The molecule has 0 saturated carbocycles. The van der Waals surface area contributed by atoms with Crippen LogP contribution in [0, 0.1) is 0 Å². The van der Waals surface area contributed by atoms with E-state index in [9.17, 15) is 4.79 Å². The van der Waals surface area contributed by atoms with Crippen LogP contribution >= 0.6 is 11.8 Å². The van der Waals surface area contributed by atoms with E-state index in [-0.39, 0.29) is 11.9 Å². The predicted molar refractivity (Wildman–Crippen MR) is 73.5 cm³/mol. The Morgan fingerprint density at radius 1 is 1.56 bits per heavy atom. The molecule has 0 bridgehead atoms. The van der Waals surface area contributed by atoms with Gasteiger partial charge in [-0.3, -0.25) is 4.79 Å². The van der Waals surface area contributed by atoms with Crippen molar-refractivity contribution < 1.29 is 9.21 Å². The van der Waals surface area contributed by atoms with Crippen molar-refractivity contribution in [2.75, 3.05) is 11.5 Å². The number of amides is 1. The molecule has 18 heavy (non-hydrogen) atoms. The second-order valence-corrected chi connectivity index (χ2v) is 5.80. The normalized spacial score (nSPS) is 18.5. The van der Waals surface area contributed by atoms with Crippen LogP contribution in [0.1, 0.15) is 25.5 Å². The van der Waals surface area contributed by atoms with Crippen molar-refractivity contribution in [3.63, 3.8) is 0 Å². The first-order valence-electron chi connectivity index (χ1n) is 6.39. The summed E-state index contributed by atoms with van der Waals surface area (Å²) in [5.74, 6) is 3.20. The number of carbonyl (C=O) groups is 1. The van der Waals surface area contributed by atoms with Gasteiger partial charge in [0.2, 0.25) is 5.91 Å². The summed E-state index contributed by atoms with van der Waals surface area (Å²) in [6.07, 6.45) is 3.92. The highest BCUT2D eigenvalue weighted by molar-refractivity contribution is 7.99. The predicted octanol–water partition coefficient (Wildman–Crippen LogP) is 1.77. The van der Waals surface area contributed by atoms with Crippen LogP contribution < -0.4 is 10.6 Å². The highest BCUT2D eigenvalue weighted by Crippen LogP contribution is 2.17. The molecule has 1 aliphatic heterocycles. The van der Waals surface area contributed by atoms with Crippen LogP contribution in [-0.4, -0.2) is 29.5 Å². The number of thioether (sulfide) groups is 1. The van der Waals surface area contributed by atoms with E-state index in [2.05, 4.69) is 10.6 Å². The Morgan fingerprint density at radius 3 is 3.00 bits per heavy atom. The van der Waals surface area contributed by atoms with Gasteiger partial charge in [0.15, 0.2) is 0 Å². The molecule has 1 fully saturated rings. The van der Waals surface area contributed by atoms with Gasteiger partial charge in [0.05, 0.1) is 18.8 Å². The molecule has 4 nitrogen and oxygen atoms in total. The summed E-state index contributed by atoms with van der Waals surface area (Å²) in [5, 5.41) is 6.27. The molecule has 1 atom stereocenters. The summed E-state index contributed by atoms with van der Waals surface area (Å²) in [7, 11) is 0. The molecule has 2 rings (SSSR count). The fourth-order valence-corrected chi connectivity index (χ4v) is 3.14. The van der Waals surface area contributed by atoms with Crippen molar-refractivity contribution >= 4 is 17.7 Å². The highest BCUT2D eigenvalue weighted by Gasteiger charge is 2.19. The van der Waals surface area contributed by atoms with Gasteiger partial charge in [-0.05, 0) is 43.4 Å². The molecule has 2 N–H and O–H groups in total. The first-order chi connectivity index (χ1) is 8.75. The zero-order valence-corrected chi connectivity index (χ0v) is 11.5. The third kappa shape index (κ3) is 4.07. The summed E-state index contributed by atoms with van der Waals surface area (Å²) < 4.78 is 5.18. The minimum atomic E-state index is -0.145. The van der Waals surface area contributed by atoms with Gasteiger partial charge in [-0.1, -0.05) is 0 Å². The fraction of sp³-hybridized carbons (Fsp3) is 0.615. The summed E-state index contributed by atoms with van der Waals surface area (Å²) in [6, 6.07) is 4.02. The van der Waals surface area contributed by atoms with E-state index >= 15 is 0 Å². The van der Waals surface area contributed by atoms with Gasteiger partial charge in [0, 0.05) is 6.04 Å². The van der Waals surface area contributed by atoms with Gasteiger partial charge >= 0.3 is 0 Å². The van der Waals surface area contributed by atoms with Crippen molar-refractivity contribution in [1.82, 2.24) is 10.6 Å². The molecule has 100 valence electrons. The van der Waals surface area contributed by atoms with Crippen LogP contribution in [0.25, 0.3) is 0 Å². The molecule has 0 aromatic carbocycles. The SMILES string of the molecule is CC(NC1CCSCC1)C(=O)NCc1ccco1. The van der Waals surface area contributed by atoms with Crippen molar-refractivity contribution in [2.45, 2.75) is 38.4 Å². The van der Waals surface area contributed by atoms with Crippen LogP contribution in [0.3, 0.4) is 0 Å². The molecule has 1 amide bonds. The van der Waals surface area contributed by atoms with E-state index in [1.54, 1.807) is 6.26 Å². The lowest BCUT2D eigenvalue weighted by Gasteiger charge is -2.25. The number of hydrogen-bond donors (Lipinski definition) is 2. The maximum absolute atomic E-state index is 11.9. The Morgan fingerprint density at radius 2 is 2.33 bits per heavy atom. The first-order valence-corrected chi connectivity index (χ1v) is 7.55. The second kappa shape index (κ2) is 6.85. The maximum atomic E-state index is 11.9. The van der Waals surface area contributed by atoms with Crippen LogP contribution in [0.2, 0.25) is 0 Å². The van der Waals surface area contributed by atoms with Crippen LogP contribution in [0.15, 0.2) is 22.8 Å². The molecule has 1 saturated heterocycles. The summed E-state index contributed by atoms with van der Waals surface area (Å²) >= 11 is 1.99.